The van der Waals surface area contributed by atoms with Crippen LogP contribution < -0.4 is 0 Å². The first-order chi connectivity index (χ1) is 27.8. The van der Waals surface area contributed by atoms with Gasteiger partial charge in [0.05, 0.1) is 19.1 Å². The first-order valence-electron chi connectivity index (χ1n) is 26.1. The highest BCUT2D eigenvalue weighted by atomic mass is 16.5. The normalized spacial score (nSPS) is 12.3. The molecule has 0 N–H and O–H groups in total. The zero-order valence-corrected chi connectivity index (χ0v) is 39.8. The molecule has 340 valence electrons. The van der Waals surface area contributed by atoms with Gasteiger partial charge in [-0.3, -0.25) is 9.59 Å². The molecule has 0 aliphatic heterocycles. The minimum atomic E-state index is -0.370. The third-order valence-electron chi connectivity index (χ3n) is 12.4. The summed E-state index contributed by atoms with van der Waals surface area (Å²) >= 11 is 0. The van der Waals surface area contributed by atoms with Crippen LogP contribution in [0.3, 0.4) is 0 Å². The second kappa shape index (κ2) is 44.5. The molecule has 1 atom stereocenters. The fourth-order valence-electron chi connectivity index (χ4n) is 8.15. The minimum absolute atomic E-state index is 0.0711. The summed E-state index contributed by atoms with van der Waals surface area (Å²) in [6.45, 7) is 11.2. The van der Waals surface area contributed by atoms with Gasteiger partial charge in [-0.05, 0) is 12.8 Å². The van der Waals surface area contributed by atoms with Crippen molar-refractivity contribution >= 4 is 11.9 Å². The van der Waals surface area contributed by atoms with Crippen LogP contribution in [0.1, 0.15) is 304 Å². The lowest BCUT2D eigenvalue weighted by molar-refractivity contribution is -0.155. The standard InChI is InChI=1S/C53H104O4/c1-6-8-10-12-14-16-18-20-22-24-26-27-29-31-33-35-37-39-41-43-45-47-51(54)56-48-53(4,5)49-57-52(55)50(3)46-44-42-40-38-36-34-32-30-28-25-23-21-19-17-15-13-11-9-7-2/h50H,6-49H2,1-5H3. The average Bonchev–Trinajstić information content (AvgIpc) is 3.20. The Balaban J connectivity index is 3.52. The van der Waals surface area contributed by atoms with Gasteiger partial charge < -0.3 is 9.47 Å². The zero-order valence-electron chi connectivity index (χ0n) is 39.8. The monoisotopic (exact) mass is 805 g/mol. The van der Waals surface area contributed by atoms with E-state index >= 15 is 0 Å². The van der Waals surface area contributed by atoms with E-state index in [0.717, 1.165) is 25.7 Å². The van der Waals surface area contributed by atoms with Crippen LogP contribution in [-0.2, 0) is 19.1 Å². The van der Waals surface area contributed by atoms with Crippen molar-refractivity contribution in [2.75, 3.05) is 13.2 Å². The smallest absolute Gasteiger partial charge is 0.308 e. The van der Waals surface area contributed by atoms with Crippen LogP contribution >= 0.6 is 0 Å². The molecule has 0 aromatic carbocycles. The number of hydrogen-bond donors (Lipinski definition) is 0. The Morgan fingerprint density at radius 3 is 0.912 bits per heavy atom. The van der Waals surface area contributed by atoms with E-state index in [4.69, 9.17) is 9.47 Å². The molecule has 0 aromatic heterocycles. The second-order valence-corrected chi connectivity index (χ2v) is 19.3. The highest BCUT2D eigenvalue weighted by Gasteiger charge is 2.24. The Morgan fingerprint density at radius 1 is 0.368 bits per heavy atom. The molecule has 0 radical (unpaired) electrons. The lowest BCUT2D eigenvalue weighted by Crippen LogP contribution is -2.30. The van der Waals surface area contributed by atoms with Crippen LogP contribution in [0.15, 0.2) is 0 Å². The Kier molecular flexibility index (Phi) is 43.7. The topological polar surface area (TPSA) is 52.6 Å². The van der Waals surface area contributed by atoms with Gasteiger partial charge in [-0.25, -0.2) is 0 Å². The molecule has 57 heavy (non-hydrogen) atoms. The molecule has 0 aromatic rings. The summed E-state index contributed by atoms with van der Waals surface area (Å²) in [6, 6.07) is 0. The van der Waals surface area contributed by atoms with Gasteiger partial charge in [-0.15, -0.1) is 0 Å². The lowest BCUT2D eigenvalue weighted by atomic mass is 9.96. The molecular weight excluding hydrogens is 701 g/mol. The maximum atomic E-state index is 12.6. The van der Waals surface area contributed by atoms with Gasteiger partial charge in [-0.1, -0.05) is 285 Å². The minimum Gasteiger partial charge on any atom is -0.465 e. The van der Waals surface area contributed by atoms with Gasteiger partial charge in [0.15, 0.2) is 0 Å². The summed E-state index contributed by atoms with van der Waals surface area (Å²) in [7, 11) is 0. The van der Waals surface area contributed by atoms with E-state index in [1.807, 2.05) is 20.8 Å². The molecule has 0 bridgehead atoms. The Bertz CT molecular complexity index is 822. The van der Waals surface area contributed by atoms with Crippen LogP contribution in [0.5, 0.6) is 0 Å². The average molecular weight is 805 g/mol. The van der Waals surface area contributed by atoms with Crippen molar-refractivity contribution in [1.29, 1.82) is 0 Å². The van der Waals surface area contributed by atoms with E-state index in [1.54, 1.807) is 0 Å². The van der Waals surface area contributed by atoms with Crippen LogP contribution in [0.25, 0.3) is 0 Å². The Labute approximate surface area is 358 Å². The van der Waals surface area contributed by atoms with Crippen LogP contribution in [-0.4, -0.2) is 25.2 Å². The van der Waals surface area contributed by atoms with Crippen molar-refractivity contribution in [3.8, 4) is 0 Å². The van der Waals surface area contributed by atoms with E-state index in [0.29, 0.717) is 19.6 Å². The Hall–Kier alpha value is -1.06. The lowest BCUT2D eigenvalue weighted by Gasteiger charge is -2.24. The zero-order chi connectivity index (χ0) is 41.8. The predicted octanol–water partition coefficient (Wildman–Crippen LogP) is 18.2. The van der Waals surface area contributed by atoms with Crippen molar-refractivity contribution in [3.63, 3.8) is 0 Å². The number of carbonyl (C=O) groups excluding carboxylic acids is 2. The van der Waals surface area contributed by atoms with Gasteiger partial charge >= 0.3 is 11.9 Å². The van der Waals surface area contributed by atoms with Gasteiger partial charge in [0.2, 0.25) is 0 Å². The SMILES string of the molecule is CCCCCCCCCCCCCCCCCCCCCCCC(=O)OCC(C)(C)COC(=O)C(C)CCCCCCCCCCCCCCCCCCCCC. The fraction of sp³-hybridized carbons (Fsp3) is 0.962. The first-order valence-corrected chi connectivity index (χ1v) is 26.1. The van der Waals surface area contributed by atoms with Crippen LogP contribution in [0.2, 0.25) is 0 Å². The highest BCUT2D eigenvalue weighted by Crippen LogP contribution is 2.21. The molecule has 0 saturated carbocycles. The summed E-state index contributed by atoms with van der Waals surface area (Å²) in [4.78, 5) is 25.0. The molecule has 0 spiro atoms. The quantitative estimate of drug-likeness (QED) is 0.0454. The number of unbranched alkanes of at least 4 members (excludes halogenated alkanes) is 38. The molecule has 0 aliphatic rings. The van der Waals surface area contributed by atoms with E-state index in [-0.39, 0.29) is 23.3 Å². The van der Waals surface area contributed by atoms with Crippen molar-refractivity contribution in [2.45, 2.75) is 304 Å². The maximum Gasteiger partial charge on any atom is 0.308 e. The van der Waals surface area contributed by atoms with Crippen molar-refractivity contribution in [1.82, 2.24) is 0 Å². The largest absolute Gasteiger partial charge is 0.465 e. The summed E-state index contributed by atoms with van der Waals surface area (Å²) in [5.41, 5.74) is -0.370. The summed E-state index contributed by atoms with van der Waals surface area (Å²) in [6.07, 6.45) is 56.2. The third kappa shape index (κ3) is 44.3. The fourth-order valence-corrected chi connectivity index (χ4v) is 8.15. The number of rotatable bonds is 47. The highest BCUT2D eigenvalue weighted by molar-refractivity contribution is 5.72. The van der Waals surface area contributed by atoms with Crippen LogP contribution in [0, 0.1) is 11.3 Å². The summed E-state index contributed by atoms with van der Waals surface area (Å²) in [5, 5.41) is 0. The van der Waals surface area contributed by atoms with Gasteiger partial charge in [0.1, 0.15) is 0 Å². The summed E-state index contributed by atoms with van der Waals surface area (Å²) in [5.74, 6) is -0.306. The molecule has 0 rings (SSSR count). The molecule has 0 amide bonds. The number of esters is 2. The maximum absolute atomic E-state index is 12.6. The van der Waals surface area contributed by atoms with E-state index in [2.05, 4.69) is 13.8 Å². The molecule has 0 heterocycles. The van der Waals surface area contributed by atoms with Gasteiger partial charge in [-0.2, -0.15) is 0 Å². The third-order valence-corrected chi connectivity index (χ3v) is 12.4. The van der Waals surface area contributed by atoms with Gasteiger partial charge in [0.25, 0.3) is 0 Å². The molecule has 4 nitrogen and oxygen atoms in total. The van der Waals surface area contributed by atoms with E-state index < -0.39 is 0 Å². The number of carbonyl (C=O) groups is 2. The van der Waals surface area contributed by atoms with Crippen LogP contribution in [0.4, 0.5) is 0 Å². The second-order valence-electron chi connectivity index (χ2n) is 19.3. The number of hydrogen-bond acceptors (Lipinski definition) is 4. The molecule has 0 saturated heterocycles. The van der Waals surface area contributed by atoms with E-state index in [9.17, 15) is 9.59 Å². The van der Waals surface area contributed by atoms with Crippen molar-refractivity contribution in [3.05, 3.63) is 0 Å². The van der Waals surface area contributed by atoms with Crippen molar-refractivity contribution < 1.29 is 19.1 Å². The molecule has 0 fully saturated rings. The molecule has 0 aliphatic carbocycles. The van der Waals surface area contributed by atoms with Gasteiger partial charge in [0, 0.05) is 11.8 Å². The first kappa shape index (κ1) is 55.9. The molecule has 1 unspecified atom stereocenters. The predicted molar refractivity (Wildman–Crippen MR) is 250 cm³/mol. The van der Waals surface area contributed by atoms with E-state index in [1.165, 1.54) is 238 Å². The number of ether oxygens (including phenoxy) is 2. The molecule has 4 heteroatoms. The Morgan fingerprint density at radius 2 is 0.614 bits per heavy atom. The van der Waals surface area contributed by atoms with Crippen molar-refractivity contribution in [2.24, 2.45) is 11.3 Å². The summed E-state index contributed by atoms with van der Waals surface area (Å²) < 4.78 is 11.3. The molecular formula is C53H104O4.